The van der Waals surface area contributed by atoms with Crippen LogP contribution >= 0.6 is 0 Å². The zero-order valence-electron chi connectivity index (χ0n) is 9.39. The number of nitrogens with zero attached hydrogens (tertiary/aromatic N) is 2. The Balaban J connectivity index is 2.16. The Hall–Kier alpha value is -1.29. The summed E-state index contributed by atoms with van der Waals surface area (Å²) < 4.78 is 0. The van der Waals surface area contributed by atoms with Gasteiger partial charge in [-0.15, -0.1) is 0 Å². The molecule has 0 unspecified atom stereocenters. The lowest BCUT2D eigenvalue weighted by atomic mass is 9.76. The summed E-state index contributed by atoms with van der Waals surface area (Å²) in [6.45, 7) is 2.15. The van der Waals surface area contributed by atoms with Gasteiger partial charge in [0.25, 0.3) is 0 Å². The Kier molecular flexibility index (Phi) is 3.01. The van der Waals surface area contributed by atoms with Crippen molar-refractivity contribution in [2.24, 2.45) is 5.92 Å². The van der Waals surface area contributed by atoms with E-state index in [2.05, 4.69) is 16.9 Å². The number of carbonyl (C=O) groups excluding carboxylic acids is 1. The molecule has 1 aromatic rings. The second-order valence-corrected chi connectivity index (χ2v) is 4.67. The largest absolute Gasteiger partial charge is 0.382 e. The number of hydrogen-bond acceptors (Lipinski definition) is 4. The lowest BCUT2D eigenvalue weighted by Crippen LogP contribution is -2.42. The lowest BCUT2D eigenvalue weighted by Gasteiger charge is -2.33. The number of Topliss-reactive ketones (excluding diaryl/α,β-unsaturated/α-hetero) is 1. The van der Waals surface area contributed by atoms with Crippen LogP contribution in [-0.2, 0) is 0 Å². The fourth-order valence-corrected chi connectivity index (χ4v) is 2.15. The van der Waals surface area contributed by atoms with Crippen molar-refractivity contribution in [3.05, 3.63) is 24.3 Å². The highest BCUT2D eigenvalue weighted by molar-refractivity contribution is 6.01. The zero-order chi connectivity index (χ0) is 11.6. The molecule has 4 nitrogen and oxygen atoms in total. The Bertz CT molecular complexity index is 370. The summed E-state index contributed by atoms with van der Waals surface area (Å²) in [5, 5.41) is 10.3. The Labute approximate surface area is 94.7 Å². The second-order valence-electron chi connectivity index (χ2n) is 4.67. The molecule has 86 valence electrons. The van der Waals surface area contributed by atoms with Gasteiger partial charge in [-0.3, -0.25) is 4.79 Å². The topological polar surface area (TPSA) is 63.1 Å². The molecule has 0 radical (unpaired) electrons. The number of aliphatic hydroxyl groups is 1. The summed E-state index contributed by atoms with van der Waals surface area (Å²) in [4.78, 5) is 19.7. The molecule has 1 aliphatic rings. The van der Waals surface area contributed by atoms with E-state index in [1.54, 1.807) is 0 Å². The molecule has 1 fully saturated rings. The summed E-state index contributed by atoms with van der Waals surface area (Å²) in [5.74, 6) is 0.361. The average molecular weight is 220 g/mol. The van der Waals surface area contributed by atoms with Gasteiger partial charge in [-0.1, -0.05) is 6.92 Å². The van der Waals surface area contributed by atoms with Crippen LogP contribution in [0.5, 0.6) is 0 Å². The minimum Gasteiger partial charge on any atom is -0.382 e. The molecule has 16 heavy (non-hydrogen) atoms. The SMILES string of the molecule is CC1CCC(O)(C(=O)c2cncnc2)CC1. The molecule has 1 saturated carbocycles. The predicted octanol–water partition coefficient (Wildman–Crippen LogP) is 1.60. The monoisotopic (exact) mass is 220 g/mol. The van der Waals surface area contributed by atoms with Crippen LogP contribution in [0.3, 0.4) is 0 Å². The first-order valence-electron chi connectivity index (χ1n) is 5.64. The van der Waals surface area contributed by atoms with Gasteiger partial charge in [-0.25, -0.2) is 9.97 Å². The normalized spacial score (nSPS) is 30.0. The van der Waals surface area contributed by atoms with Crippen LogP contribution in [-0.4, -0.2) is 26.5 Å². The van der Waals surface area contributed by atoms with Crippen molar-refractivity contribution in [1.29, 1.82) is 0 Å². The summed E-state index contributed by atoms with van der Waals surface area (Å²) in [5.41, 5.74) is -0.795. The minimum atomic E-state index is -1.20. The third-order valence-electron chi connectivity index (χ3n) is 3.35. The van der Waals surface area contributed by atoms with Crippen LogP contribution in [0.1, 0.15) is 43.0 Å². The standard InChI is InChI=1S/C12H16N2O2/c1-9-2-4-12(16,5-3-9)11(15)10-6-13-8-14-7-10/h6-9,16H,2-5H2,1H3. The van der Waals surface area contributed by atoms with Crippen molar-refractivity contribution in [3.63, 3.8) is 0 Å². The highest BCUT2D eigenvalue weighted by Crippen LogP contribution is 2.33. The van der Waals surface area contributed by atoms with Gasteiger partial charge in [-0.05, 0) is 31.6 Å². The van der Waals surface area contributed by atoms with E-state index in [4.69, 9.17) is 0 Å². The maximum atomic E-state index is 12.1. The van der Waals surface area contributed by atoms with Crippen molar-refractivity contribution >= 4 is 5.78 Å². The fourth-order valence-electron chi connectivity index (χ4n) is 2.15. The van der Waals surface area contributed by atoms with E-state index in [0.29, 0.717) is 24.3 Å². The van der Waals surface area contributed by atoms with Crippen molar-refractivity contribution in [2.75, 3.05) is 0 Å². The van der Waals surface area contributed by atoms with Crippen molar-refractivity contribution in [1.82, 2.24) is 9.97 Å². The molecule has 0 aromatic carbocycles. The van der Waals surface area contributed by atoms with E-state index in [9.17, 15) is 9.90 Å². The molecule has 0 atom stereocenters. The van der Waals surface area contributed by atoms with E-state index in [1.807, 2.05) is 0 Å². The molecule has 2 rings (SSSR count). The van der Waals surface area contributed by atoms with Gasteiger partial charge in [0, 0.05) is 12.4 Å². The lowest BCUT2D eigenvalue weighted by molar-refractivity contribution is 0.00419. The first kappa shape index (κ1) is 11.2. The summed E-state index contributed by atoms with van der Waals surface area (Å²) in [7, 11) is 0. The third kappa shape index (κ3) is 2.11. The molecule has 1 N–H and O–H groups in total. The van der Waals surface area contributed by atoms with Crippen LogP contribution in [0.25, 0.3) is 0 Å². The third-order valence-corrected chi connectivity index (χ3v) is 3.35. The molecular weight excluding hydrogens is 204 g/mol. The Morgan fingerprint density at radius 1 is 1.38 bits per heavy atom. The van der Waals surface area contributed by atoms with Crippen LogP contribution in [0.15, 0.2) is 18.7 Å². The maximum absolute atomic E-state index is 12.1. The average Bonchev–Trinajstić information content (AvgIpc) is 2.33. The number of rotatable bonds is 2. The molecular formula is C12H16N2O2. The molecule has 1 aliphatic carbocycles. The predicted molar refractivity (Wildman–Crippen MR) is 58.9 cm³/mol. The molecule has 0 aliphatic heterocycles. The van der Waals surface area contributed by atoms with Gasteiger partial charge in [0.15, 0.2) is 5.78 Å². The van der Waals surface area contributed by atoms with Crippen LogP contribution < -0.4 is 0 Å². The molecule has 0 saturated heterocycles. The Morgan fingerprint density at radius 3 is 2.50 bits per heavy atom. The Morgan fingerprint density at radius 2 is 1.94 bits per heavy atom. The maximum Gasteiger partial charge on any atom is 0.197 e. The second kappa shape index (κ2) is 4.29. The van der Waals surface area contributed by atoms with E-state index in [-0.39, 0.29) is 5.78 Å². The van der Waals surface area contributed by atoms with E-state index in [0.717, 1.165) is 12.8 Å². The molecule has 0 spiro atoms. The highest BCUT2D eigenvalue weighted by atomic mass is 16.3. The van der Waals surface area contributed by atoms with Crippen LogP contribution in [0.2, 0.25) is 0 Å². The van der Waals surface area contributed by atoms with Crippen molar-refractivity contribution in [2.45, 2.75) is 38.2 Å². The van der Waals surface area contributed by atoms with Crippen LogP contribution in [0.4, 0.5) is 0 Å². The number of ketones is 1. The number of carbonyl (C=O) groups is 1. The van der Waals surface area contributed by atoms with Gasteiger partial charge in [-0.2, -0.15) is 0 Å². The summed E-state index contributed by atoms with van der Waals surface area (Å²) >= 11 is 0. The van der Waals surface area contributed by atoms with E-state index in [1.165, 1.54) is 18.7 Å². The smallest absolute Gasteiger partial charge is 0.197 e. The molecule has 0 amide bonds. The fraction of sp³-hybridized carbons (Fsp3) is 0.583. The molecule has 1 aromatic heterocycles. The van der Waals surface area contributed by atoms with E-state index >= 15 is 0 Å². The first-order chi connectivity index (χ1) is 7.62. The highest BCUT2D eigenvalue weighted by Gasteiger charge is 2.39. The zero-order valence-corrected chi connectivity index (χ0v) is 9.39. The van der Waals surface area contributed by atoms with Gasteiger partial charge >= 0.3 is 0 Å². The van der Waals surface area contributed by atoms with Crippen LogP contribution in [0, 0.1) is 5.92 Å². The summed E-state index contributed by atoms with van der Waals surface area (Å²) in [6, 6.07) is 0. The van der Waals surface area contributed by atoms with Gasteiger partial charge in [0.1, 0.15) is 11.9 Å². The van der Waals surface area contributed by atoms with Crippen molar-refractivity contribution in [3.8, 4) is 0 Å². The summed E-state index contributed by atoms with van der Waals surface area (Å²) in [6.07, 6.45) is 7.19. The number of hydrogen-bond donors (Lipinski definition) is 1. The molecule has 4 heteroatoms. The first-order valence-corrected chi connectivity index (χ1v) is 5.64. The molecule has 0 bridgehead atoms. The van der Waals surface area contributed by atoms with Gasteiger partial charge in [0.2, 0.25) is 0 Å². The van der Waals surface area contributed by atoms with Gasteiger partial charge < -0.3 is 5.11 Å². The number of aromatic nitrogens is 2. The minimum absolute atomic E-state index is 0.236. The van der Waals surface area contributed by atoms with Crippen molar-refractivity contribution < 1.29 is 9.90 Å². The molecule has 1 heterocycles. The van der Waals surface area contributed by atoms with E-state index < -0.39 is 5.60 Å². The quantitative estimate of drug-likeness (QED) is 0.769. The van der Waals surface area contributed by atoms with Gasteiger partial charge in [0.05, 0.1) is 5.56 Å².